The lowest BCUT2D eigenvalue weighted by Gasteiger charge is -2.41. The maximum Gasteiger partial charge on any atom is 0.294 e. The van der Waals surface area contributed by atoms with Gasteiger partial charge in [0.15, 0.2) is 17.1 Å². The first-order valence-corrected chi connectivity index (χ1v) is 27.4. The molecular weight excluding hydrogens is 1020 g/mol. The summed E-state index contributed by atoms with van der Waals surface area (Å²) in [5, 5.41) is 23.8. The van der Waals surface area contributed by atoms with E-state index in [1.165, 1.54) is 72.8 Å². The molecule has 2 aliphatic heterocycles. The molecule has 0 atom stereocenters. The Morgan fingerprint density at radius 1 is 0.466 bits per heavy atom. The van der Waals surface area contributed by atoms with Crippen molar-refractivity contribution in [3.63, 3.8) is 0 Å². The average molecular weight is 1060 g/mol. The molecule has 8 aromatic rings. The number of Topliss-reactive ketones (excluding diaryl/α,β-unsaturated/α-hetero) is 1. The SMILES string of the molecule is O=C1C(c2ccc3cccc4c3c2NC2(N4)c3cc(S(=O)(=O)O)ccc3-c3ccc(S(=O)(=O)O)cc32)=C(OO)/C1=c1/ccc2cccc3c2c1NC1(N=3)c2cc(S(=O)(=O)O)ccc2-c2ccc(S(=O)(=O)O)cc21. The highest BCUT2D eigenvalue weighted by Gasteiger charge is 2.51. The van der Waals surface area contributed by atoms with Gasteiger partial charge in [0.2, 0.25) is 5.78 Å². The summed E-state index contributed by atoms with van der Waals surface area (Å²) in [7, 11) is -19.3. The lowest BCUT2D eigenvalue weighted by molar-refractivity contribution is -0.198. The molecule has 19 nitrogen and oxygen atoms in total. The summed E-state index contributed by atoms with van der Waals surface area (Å²) >= 11 is 0. The molecule has 5 aliphatic rings. The Labute approximate surface area is 412 Å². The molecule has 0 fully saturated rings. The zero-order chi connectivity index (χ0) is 51.1. The van der Waals surface area contributed by atoms with Crippen molar-refractivity contribution in [1.82, 2.24) is 0 Å². The first-order valence-electron chi connectivity index (χ1n) is 21.7. The van der Waals surface area contributed by atoms with Crippen molar-refractivity contribution in [2.24, 2.45) is 4.99 Å². The molecule has 0 saturated heterocycles. The van der Waals surface area contributed by atoms with Crippen LogP contribution in [0.3, 0.4) is 0 Å². The van der Waals surface area contributed by atoms with Gasteiger partial charge < -0.3 is 20.8 Å². The first-order chi connectivity index (χ1) is 34.5. The molecule has 0 amide bonds. The van der Waals surface area contributed by atoms with Crippen LogP contribution in [0, 0.1) is 0 Å². The third-order valence-electron chi connectivity index (χ3n) is 14.2. The highest BCUT2D eigenvalue weighted by atomic mass is 32.2. The molecule has 13 rings (SSSR count). The Morgan fingerprint density at radius 3 is 1.45 bits per heavy atom. The van der Waals surface area contributed by atoms with Gasteiger partial charge in [-0.3, -0.25) is 23.0 Å². The van der Waals surface area contributed by atoms with Crippen LogP contribution in [0.5, 0.6) is 0 Å². The van der Waals surface area contributed by atoms with Gasteiger partial charge >= 0.3 is 0 Å². The van der Waals surface area contributed by atoms with E-state index in [2.05, 4.69) is 16.0 Å². The van der Waals surface area contributed by atoms with Crippen molar-refractivity contribution in [3.8, 4) is 22.3 Å². The molecule has 0 unspecified atom stereocenters. The predicted octanol–water partition coefficient (Wildman–Crippen LogP) is 6.26. The smallest absolute Gasteiger partial charge is 0.294 e. The van der Waals surface area contributed by atoms with Crippen LogP contribution < -0.4 is 26.5 Å². The highest BCUT2D eigenvalue weighted by Crippen LogP contribution is 2.57. The normalized spacial score (nSPS) is 17.2. The topological polar surface area (TPSA) is 312 Å². The standard InChI is InChI=1S/C50H30N4O15S4/c55-47-43(33-13-7-23-3-1-5-39-41(23)45(33)53-49(51-39)35-19-25(70(57,58)59)9-15-29(35)30-16-10-26(20-36(30)49)71(60,61)62)48(69-56)44(47)34-14-8-24-4-2-6-40-42(24)46(34)54-50(52-40)37-21-27(72(63,64)65)11-17-31(37)32-18-12-28(22-38(32)50)73(66,67)68/h1-22,51,53-54,56H,(H,57,58,59)(H,60,61,62)(H,63,64,65)(H,66,67,68)/b44-34-. The van der Waals surface area contributed by atoms with Crippen molar-refractivity contribution in [1.29, 1.82) is 0 Å². The van der Waals surface area contributed by atoms with Gasteiger partial charge in [-0.05, 0) is 93.7 Å². The molecule has 23 heteroatoms. The first kappa shape index (κ1) is 45.1. The number of hydrogen-bond acceptors (Lipinski definition) is 15. The molecule has 2 spiro atoms. The number of nitrogens with zero attached hydrogens (tertiary/aromatic N) is 1. The van der Waals surface area contributed by atoms with E-state index in [9.17, 15) is 57.1 Å². The van der Waals surface area contributed by atoms with Crippen molar-refractivity contribution in [2.45, 2.75) is 30.9 Å². The predicted molar refractivity (Wildman–Crippen MR) is 263 cm³/mol. The largest absolute Gasteiger partial charge is 0.355 e. The van der Waals surface area contributed by atoms with E-state index < -0.39 is 77.2 Å². The summed E-state index contributed by atoms with van der Waals surface area (Å²) in [4.78, 5) is 23.5. The van der Waals surface area contributed by atoms with E-state index in [-0.39, 0.29) is 61.3 Å². The molecule has 0 saturated carbocycles. The summed E-state index contributed by atoms with van der Waals surface area (Å²) in [5.41, 5.74) is -0.561. The van der Waals surface area contributed by atoms with Crippen LogP contribution in [0.4, 0.5) is 17.1 Å². The molecule has 2 heterocycles. The number of fused-ring (bicyclic) bond motifs is 10. The molecule has 3 aliphatic carbocycles. The van der Waals surface area contributed by atoms with E-state index in [0.717, 1.165) is 0 Å². The maximum atomic E-state index is 15.2. The number of anilines is 3. The second-order valence-corrected chi connectivity index (χ2v) is 23.6. The third-order valence-corrected chi connectivity index (χ3v) is 17.6. The van der Waals surface area contributed by atoms with E-state index in [4.69, 9.17) is 9.88 Å². The molecule has 0 bridgehead atoms. The monoisotopic (exact) mass is 1050 g/mol. The highest BCUT2D eigenvalue weighted by molar-refractivity contribution is 7.86. The second-order valence-electron chi connectivity index (χ2n) is 17.9. The van der Waals surface area contributed by atoms with Gasteiger partial charge in [-0.2, -0.15) is 33.7 Å². The summed E-state index contributed by atoms with van der Waals surface area (Å²) in [5.74, 6) is -0.981. The van der Waals surface area contributed by atoms with Crippen LogP contribution in [-0.4, -0.2) is 62.9 Å². The van der Waals surface area contributed by atoms with E-state index in [0.29, 0.717) is 54.8 Å². The van der Waals surface area contributed by atoms with Gasteiger partial charge in [0.05, 0.1) is 47.5 Å². The zero-order valence-corrected chi connectivity index (χ0v) is 39.9. The lowest BCUT2D eigenvalue weighted by atomic mass is 9.79. The summed E-state index contributed by atoms with van der Waals surface area (Å²) in [6.45, 7) is 0. The minimum atomic E-state index is -4.82. The average Bonchev–Trinajstić information content (AvgIpc) is 3.76. The number of allylic oxidation sites excluding steroid dienone is 2. The second kappa shape index (κ2) is 14.4. The van der Waals surface area contributed by atoms with Crippen LogP contribution >= 0.6 is 0 Å². The zero-order valence-electron chi connectivity index (χ0n) is 36.6. The Bertz CT molecular complexity index is 4510. The van der Waals surface area contributed by atoms with Crippen LogP contribution in [0.25, 0.3) is 54.9 Å². The van der Waals surface area contributed by atoms with Crippen LogP contribution in [-0.2, 0) is 61.5 Å². The van der Waals surface area contributed by atoms with Gasteiger partial charge in [0.1, 0.15) is 0 Å². The third kappa shape index (κ3) is 6.19. The number of carbonyl (C=O) groups is 1. The summed E-state index contributed by atoms with van der Waals surface area (Å²) in [6.07, 6.45) is 0. The Kier molecular flexibility index (Phi) is 8.91. The molecule has 8 aromatic carbocycles. The Morgan fingerprint density at radius 2 is 0.932 bits per heavy atom. The number of ketones is 1. The fourth-order valence-electron chi connectivity index (χ4n) is 11.1. The summed E-state index contributed by atoms with van der Waals surface area (Å²) < 4.78 is 142. The molecule has 0 radical (unpaired) electrons. The number of rotatable bonds is 6. The van der Waals surface area contributed by atoms with Gasteiger partial charge in [-0.1, -0.05) is 72.8 Å². The van der Waals surface area contributed by atoms with Crippen LogP contribution in [0.1, 0.15) is 27.8 Å². The lowest BCUT2D eigenvalue weighted by Crippen LogP contribution is -2.45. The molecule has 73 heavy (non-hydrogen) atoms. The minimum absolute atomic E-state index is 0.145. The van der Waals surface area contributed by atoms with Gasteiger partial charge in [0.25, 0.3) is 40.5 Å². The van der Waals surface area contributed by atoms with Gasteiger partial charge in [-0.25, -0.2) is 10.2 Å². The quantitative estimate of drug-likeness (QED) is 0.0517. The number of nitrogens with one attached hydrogen (secondary N) is 3. The molecule has 0 aromatic heterocycles. The van der Waals surface area contributed by atoms with E-state index >= 15 is 4.79 Å². The number of hydrogen-bond donors (Lipinski definition) is 8. The van der Waals surface area contributed by atoms with Gasteiger partial charge in [-0.15, -0.1) is 0 Å². The Hall–Kier alpha value is -7.84. The maximum absolute atomic E-state index is 15.2. The van der Waals surface area contributed by atoms with Gasteiger partial charge in [0, 0.05) is 49.5 Å². The van der Waals surface area contributed by atoms with Crippen LogP contribution in [0.15, 0.2) is 164 Å². The van der Waals surface area contributed by atoms with Crippen LogP contribution in [0.2, 0.25) is 0 Å². The van der Waals surface area contributed by atoms with E-state index in [1.807, 2.05) is 0 Å². The fraction of sp³-hybridized carbons (Fsp3) is 0.0400. The number of benzene rings is 8. The van der Waals surface area contributed by atoms with Crippen molar-refractivity contribution < 1.29 is 66.8 Å². The minimum Gasteiger partial charge on any atom is -0.355 e. The van der Waals surface area contributed by atoms with E-state index in [1.54, 1.807) is 60.7 Å². The fourth-order valence-corrected chi connectivity index (χ4v) is 13.1. The van der Waals surface area contributed by atoms with Crippen molar-refractivity contribution in [2.75, 3.05) is 16.0 Å². The molecular formula is C50H30N4O15S4. The van der Waals surface area contributed by atoms with Crippen molar-refractivity contribution in [3.05, 3.63) is 178 Å². The Balaban J connectivity index is 1.05. The van der Waals surface area contributed by atoms with Crippen molar-refractivity contribution >= 4 is 96.0 Å². The molecule has 364 valence electrons. The summed E-state index contributed by atoms with van der Waals surface area (Å²) in [6, 6.07) is 32.2. The molecule has 8 N–H and O–H groups in total. The number of carbonyl (C=O) groups excluding carboxylic acids is 1.